The predicted octanol–water partition coefficient (Wildman–Crippen LogP) is 2.05. The number of amides is 1. The second-order valence-corrected chi connectivity index (χ2v) is 4.05. The highest BCUT2D eigenvalue weighted by atomic mass is 16.5. The predicted molar refractivity (Wildman–Crippen MR) is 71.9 cm³/mol. The molecule has 98 valence electrons. The van der Waals surface area contributed by atoms with Crippen molar-refractivity contribution in [2.24, 2.45) is 5.73 Å². The van der Waals surface area contributed by atoms with Crippen LogP contribution in [0.25, 0.3) is 6.08 Å². The van der Waals surface area contributed by atoms with Crippen molar-refractivity contribution in [2.75, 3.05) is 13.1 Å². The molecule has 0 radical (unpaired) electrons. The summed E-state index contributed by atoms with van der Waals surface area (Å²) in [4.78, 5) is 11.5. The molecular formula is C14H20N2O2. The summed E-state index contributed by atoms with van der Waals surface area (Å²) in [5.74, 6) is -0.397. The highest BCUT2D eigenvalue weighted by molar-refractivity contribution is 5.90. The van der Waals surface area contributed by atoms with Crippen LogP contribution in [-0.2, 0) is 4.79 Å². The van der Waals surface area contributed by atoms with Crippen molar-refractivity contribution < 1.29 is 10.0 Å². The molecule has 0 saturated carbocycles. The van der Waals surface area contributed by atoms with E-state index in [1.807, 2.05) is 30.3 Å². The van der Waals surface area contributed by atoms with E-state index in [2.05, 4.69) is 0 Å². The minimum absolute atomic E-state index is 0.345. The molecule has 1 rings (SSSR count). The average molecular weight is 248 g/mol. The lowest BCUT2D eigenvalue weighted by molar-refractivity contribution is -0.159. The number of hydroxylamine groups is 2. The van der Waals surface area contributed by atoms with Crippen LogP contribution in [0.3, 0.4) is 0 Å². The van der Waals surface area contributed by atoms with Gasteiger partial charge < -0.3 is 5.73 Å². The van der Waals surface area contributed by atoms with E-state index in [-0.39, 0.29) is 0 Å². The van der Waals surface area contributed by atoms with Crippen LogP contribution in [0, 0.1) is 0 Å². The van der Waals surface area contributed by atoms with Crippen LogP contribution in [-0.4, -0.2) is 29.3 Å². The largest absolute Gasteiger partial charge is 0.330 e. The van der Waals surface area contributed by atoms with Crippen molar-refractivity contribution in [3.63, 3.8) is 0 Å². The zero-order chi connectivity index (χ0) is 13.2. The standard InChI is InChI=1S/C14H20N2O2/c15-11-5-2-6-12-16(18)14(17)10-9-13-7-3-1-4-8-13/h1,3-4,7-10,18H,2,5-6,11-12,15H2. The highest BCUT2D eigenvalue weighted by Crippen LogP contribution is 2.02. The topological polar surface area (TPSA) is 66.6 Å². The average Bonchev–Trinajstić information content (AvgIpc) is 2.42. The van der Waals surface area contributed by atoms with Gasteiger partial charge in [-0.3, -0.25) is 10.0 Å². The van der Waals surface area contributed by atoms with Gasteiger partial charge in [-0.05, 0) is 31.0 Å². The molecule has 3 N–H and O–H groups in total. The van der Waals surface area contributed by atoms with E-state index in [0.29, 0.717) is 13.1 Å². The molecule has 0 heterocycles. The van der Waals surface area contributed by atoms with Crippen LogP contribution >= 0.6 is 0 Å². The van der Waals surface area contributed by atoms with Crippen LogP contribution in [0.2, 0.25) is 0 Å². The first-order chi connectivity index (χ1) is 8.74. The Bertz CT molecular complexity index is 377. The number of benzene rings is 1. The van der Waals surface area contributed by atoms with Crippen LogP contribution in [0.4, 0.5) is 0 Å². The van der Waals surface area contributed by atoms with Crippen LogP contribution in [0.1, 0.15) is 24.8 Å². The van der Waals surface area contributed by atoms with E-state index in [0.717, 1.165) is 29.9 Å². The third-order valence-electron chi connectivity index (χ3n) is 2.55. The number of nitrogens with zero attached hydrogens (tertiary/aromatic N) is 1. The SMILES string of the molecule is NCCCCCN(O)C(=O)C=Cc1ccccc1. The number of hydrogen-bond donors (Lipinski definition) is 2. The number of unbranched alkanes of at least 4 members (excludes halogenated alkanes) is 2. The lowest BCUT2D eigenvalue weighted by Crippen LogP contribution is -2.26. The molecule has 0 fully saturated rings. The molecule has 18 heavy (non-hydrogen) atoms. The van der Waals surface area contributed by atoms with E-state index in [1.54, 1.807) is 6.08 Å². The number of carbonyl (C=O) groups excluding carboxylic acids is 1. The first-order valence-electron chi connectivity index (χ1n) is 6.17. The van der Waals surface area contributed by atoms with Crippen molar-refractivity contribution in [1.82, 2.24) is 5.06 Å². The number of rotatable bonds is 7. The molecule has 1 aromatic carbocycles. The van der Waals surface area contributed by atoms with Crippen molar-refractivity contribution in [3.05, 3.63) is 42.0 Å². The van der Waals surface area contributed by atoms with Gasteiger partial charge in [-0.15, -0.1) is 0 Å². The summed E-state index contributed by atoms with van der Waals surface area (Å²) in [5.41, 5.74) is 6.30. The smallest absolute Gasteiger partial charge is 0.269 e. The second kappa shape index (κ2) is 8.44. The Morgan fingerprint density at radius 1 is 1.22 bits per heavy atom. The molecule has 0 aliphatic heterocycles. The van der Waals surface area contributed by atoms with E-state index in [9.17, 15) is 10.0 Å². The monoisotopic (exact) mass is 248 g/mol. The fraction of sp³-hybridized carbons (Fsp3) is 0.357. The summed E-state index contributed by atoms with van der Waals surface area (Å²) in [6, 6.07) is 9.50. The summed E-state index contributed by atoms with van der Waals surface area (Å²) in [6.07, 6.45) is 5.66. The van der Waals surface area contributed by atoms with E-state index in [1.165, 1.54) is 6.08 Å². The van der Waals surface area contributed by atoms with Gasteiger partial charge in [-0.2, -0.15) is 0 Å². The maximum Gasteiger partial charge on any atom is 0.269 e. The van der Waals surface area contributed by atoms with Crippen molar-refractivity contribution in [2.45, 2.75) is 19.3 Å². The van der Waals surface area contributed by atoms with Gasteiger partial charge in [0.15, 0.2) is 0 Å². The summed E-state index contributed by atoms with van der Waals surface area (Å²) in [7, 11) is 0. The maximum absolute atomic E-state index is 11.5. The molecule has 0 atom stereocenters. The molecule has 0 aliphatic rings. The van der Waals surface area contributed by atoms with E-state index >= 15 is 0 Å². The second-order valence-electron chi connectivity index (χ2n) is 4.05. The molecular weight excluding hydrogens is 228 g/mol. The van der Waals surface area contributed by atoms with Crippen LogP contribution in [0.5, 0.6) is 0 Å². The third kappa shape index (κ3) is 5.61. The molecule has 4 nitrogen and oxygen atoms in total. The Balaban J connectivity index is 2.33. The molecule has 0 saturated heterocycles. The molecule has 0 unspecified atom stereocenters. The molecule has 4 heteroatoms. The Labute approximate surface area is 108 Å². The summed E-state index contributed by atoms with van der Waals surface area (Å²) < 4.78 is 0. The van der Waals surface area contributed by atoms with Crippen molar-refractivity contribution in [3.8, 4) is 0 Å². The van der Waals surface area contributed by atoms with Gasteiger partial charge >= 0.3 is 0 Å². The Morgan fingerprint density at radius 3 is 2.61 bits per heavy atom. The number of carbonyl (C=O) groups is 1. The normalized spacial score (nSPS) is 10.8. The first-order valence-corrected chi connectivity index (χ1v) is 6.17. The van der Waals surface area contributed by atoms with Gasteiger partial charge in [0.25, 0.3) is 5.91 Å². The molecule has 1 aromatic rings. The zero-order valence-electron chi connectivity index (χ0n) is 10.5. The maximum atomic E-state index is 11.5. The first kappa shape index (κ1) is 14.4. The number of nitrogens with two attached hydrogens (primary N) is 1. The van der Waals surface area contributed by atoms with Gasteiger partial charge in [0, 0.05) is 12.6 Å². The Kier molecular flexibility index (Phi) is 6.76. The highest BCUT2D eigenvalue weighted by Gasteiger charge is 2.05. The van der Waals surface area contributed by atoms with Gasteiger partial charge in [0.2, 0.25) is 0 Å². The third-order valence-corrected chi connectivity index (χ3v) is 2.55. The van der Waals surface area contributed by atoms with E-state index in [4.69, 9.17) is 5.73 Å². The summed E-state index contributed by atoms with van der Waals surface area (Å²) in [6.45, 7) is 0.991. The van der Waals surface area contributed by atoms with Crippen LogP contribution < -0.4 is 5.73 Å². The van der Waals surface area contributed by atoms with Crippen molar-refractivity contribution >= 4 is 12.0 Å². The number of hydrogen-bond acceptors (Lipinski definition) is 3. The lowest BCUT2D eigenvalue weighted by atomic mass is 10.2. The summed E-state index contributed by atoms with van der Waals surface area (Å²) in [5, 5.41) is 10.2. The van der Waals surface area contributed by atoms with Gasteiger partial charge in [0.1, 0.15) is 0 Å². The van der Waals surface area contributed by atoms with Gasteiger partial charge in [-0.1, -0.05) is 36.8 Å². The summed E-state index contributed by atoms with van der Waals surface area (Å²) >= 11 is 0. The molecule has 0 spiro atoms. The van der Waals surface area contributed by atoms with Gasteiger partial charge in [0.05, 0.1) is 0 Å². The fourth-order valence-corrected chi connectivity index (χ4v) is 1.51. The molecule has 0 aromatic heterocycles. The quantitative estimate of drug-likeness (QED) is 0.336. The van der Waals surface area contributed by atoms with Crippen molar-refractivity contribution in [1.29, 1.82) is 0 Å². The molecule has 0 aliphatic carbocycles. The zero-order valence-corrected chi connectivity index (χ0v) is 10.5. The fourth-order valence-electron chi connectivity index (χ4n) is 1.51. The van der Waals surface area contributed by atoms with Gasteiger partial charge in [-0.25, -0.2) is 5.06 Å². The van der Waals surface area contributed by atoms with E-state index < -0.39 is 5.91 Å². The minimum atomic E-state index is -0.397. The van der Waals surface area contributed by atoms with Crippen LogP contribution in [0.15, 0.2) is 36.4 Å². The molecule has 0 bridgehead atoms. The Morgan fingerprint density at radius 2 is 1.94 bits per heavy atom. The lowest BCUT2D eigenvalue weighted by Gasteiger charge is -2.12. The molecule has 1 amide bonds. The Hall–Kier alpha value is -1.65. The minimum Gasteiger partial charge on any atom is -0.330 e.